The van der Waals surface area contributed by atoms with E-state index in [1.54, 1.807) is 0 Å². The van der Waals surface area contributed by atoms with E-state index in [0.29, 0.717) is 0 Å². The largest absolute Gasteiger partial charge is 0.0833 e. The number of benzene rings is 1. The van der Waals surface area contributed by atoms with Crippen LogP contribution >= 0.6 is 0 Å². The second-order valence-corrected chi connectivity index (χ2v) is 4.80. The zero-order chi connectivity index (χ0) is 11.6. The lowest BCUT2D eigenvalue weighted by Gasteiger charge is -2.31. The fourth-order valence-electron chi connectivity index (χ4n) is 2.40. The number of rotatable bonds is 2. The molecule has 1 unspecified atom stereocenters. The Morgan fingerprint density at radius 3 is 2.50 bits per heavy atom. The molecule has 84 valence electrons. The van der Waals surface area contributed by atoms with Crippen molar-refractivity contribution in [2.75, 3.05) is 0 Å². The molecule has 0 radical (unpaired) electrons. The average Bonchev–Trinajstić information content (AvgIpc) is 2.33. The molecule has 0 heterocycles. The Balaban J connectivity index is 2.44. The minimum atomic E-state index is 0.229. The van der Waals surface area contributed by atoms with Crippen LogP contribution in [0.2, 0.25) is 0 Å². The van der Waals surface area contributed by atoms with E-state index in [1.807, 2.05) is 0 Å². The van der Waals surface area contributed by atoms with Crippen molar-refractivity contribution in [1.29, 1.82) is 0 Å². The van der Waals surface area contributed by atoms with E-state index < -0.39 is 0 Å². The van der Waals surface area contributed by atoms with Gasteiger partial charge in [-0.25, -0.2) is 0 Å². The van der Waals surface area contributed by atoms with Crippen molar-refractivity contribution >= 4 is 0 Å². The van der Waals surface area contributed by atoms with Crippen LogP contribution in [0.5, 0.6) is 0 Å². The lowest BCUT2D eigenvalue weighted by atomic mass is 9.73. The van der Waals surface area contributed by atoms with E-state index in [-0.39, 0.29) is 5.41 Å². The topological polar surface area (TPSA) is 0 Å². The molecule has 0 saturated carbocycles. The van der Waals surface area contributed by atoms with Gasteiger partial charge in [-0.2, -0.15) is 0 Å². The Bertz CT molecular complexity index is 437. The summed E-state index contributed by atoms with van der Waals surface area (Å²) in [5.74, 6) is 0. The van der Waals surface area contributed by atoms with Crippen LogP contribution in [0.4, 0.5) is 0 Å². The minimum Gasteiger partial charge on any atom is -0.0833 e. The van der Waals surface area contributed by atoms with Gasteiger partial charge in [0, 0.05) is 5.41 Å². The van der Waals surface area contributed by atoms with Gasteiger partial charge in [0.05, 0.1) is 0 Å². The van der Waals surface area contributed by atoms with Gasteiger partial charge in [0.15, 0.2) is 0 Å². The maximum Gasteiger partial charge on any atom is 0.0167 e. The molecule has 0 nitrogen and oxygen atoms in total. The Morgan fingerprint density at radius 2 is 1.94 bits per heavy atom. The Hall–Kier alpha value is -1.30. The first-order valence-corrected chi connectivity index (χ1v) is 6.10. The molecule has 0 N–H and O–H groups in total. The predicted octanol–water partition coefficient (Wildman–Crippen LogP) is 4.47. The zero-order valence-corrected chi connectivity index (χ0v) is 10.5. The molecule has 0 fully saturated rings. The summed E-state index contributed by atoms with van der Waals surface area (Å²) in [6, 6.07) is 6.88. The summed E-state index contributed by atoms with van der Waals surface area (Å²) in [5.41, 5.74) is 4.46. The van der Waals surface area contributed by atoms with Gasteiger partial charge >= 0.3 is 0 Å². The first-order valence-electron chi connectivity index (χ1n) is 6.10. The first kappa shape index (κ1) is 11.2. The molecular weight excluding hydrogens is 192 g/mol. The monoisotopic (exact) mass is 212 g/mol. The smallest absolute Gasteiger partial charge is 0.0167 e. The SMILES string of the molecule is CCC1(c2ccc(C)c(C)c2)C=CC=CC1. The van der Waals surface area contributed by atoms with Gasteiger partial charge in [0.25, 0.3) is 0 Å². The number of aryl methyl sites for hydroxylation is 2. The minimum absolute atomic E-state index is 0.229. The van der Waals surface area contributed by atoms with Crippen molar-refractivity contribution in [2.45, 2.75) is 39.0 Å². The number of hydrogen-bond acceptors (Lipinski definition) is 0. The molecule has 1 aliphatic rings. The van der Waals surface area contributed by atoms with E-state index in [4.69, 9.17) is 0 Å². The normalized spacial score (nSPS) is 23.7. The summed E-state index contributed by atoms with van der Waals surface area (Å²) in [6.45, 7) is 6.65. The number of hydrogen-bond donors (Lipinski definition) is 0. The summed E-state index contributed by atoms with van der Waals surface area (Å²) in [7, 11) is 0. The van der Waals surface area contributed by atoms with Crippen LogP contribution in [-0.4, -0.2) is 0 Å². The Morgan fingerprint density at radius 1 is 1.12 bits per heavy atom. The average molecular weight is 212 g/mol. The van der Waals surface area contributed by atoms with Crippen molar-refractivity contribution in [1.82, 2.24) is 0 Å². The van der Waals surface area contributed by atoms with E-state index in [1.165, 1.54) is 16.7 Å². The quantitative estimate of drug-likeness (QED) is 0.678. The molecule has 0 saturated heterocycles. The maximum absolute atomic E-state index is 2.36. The lowest BCUT2D eigenvalue weighted by Crippen LogP contribution is -2.23. The summed E-state index contributed by atoms with van der Waals surface area (Å²) < 4.78 is 0. The highest BCUT2D eigenvalue weighted by Gasteiger charge is 2.27. The second kappa shape index (κ2) is 4.29. The molecule has 1 aliphatic carbocycles. The summed E-state index contributed by atoms with van der Waals surface area (Å²) in [4.78, 5) is 0. The summed E-state index contributed by atoms with van der Waals surface area (Å²) >= 11 is 0. The van der Waals surface area contributed by atoms with Crippen molar-refractivity contribution in [2.24, 2.45) is 0 Å². The van der Waals surface area contributed by atoms with Crippen molar-refractivity contribution < 1.29 is 0 Å². The van der Waals surface area contributed by atoms with Crippen LogP contribution in [0.25, 0.3) is 0 Å². The molecule has 1 aromatic carbocycles. The second-order valence-electron chi connectivity index (χ2n) is 4.80. The molecule has 0 bridgehead atoms. The molecule has 1 atom stereocenters. The molecule has 0 aliphatic heterocycles. The van der Waals surface area contributed by atoms with Crippen molar-refractivity contribution in [3.63, 3.8) is 0 Å². The third-order valence-corrected chi connectivity index (χ3v) is 3.86. The zero-order valence-electron chi connectivity index (χ0n) is 10.5. The molecule has 0 amide bonds. The van der Waals surface area contributed by atoms with E-state index >= 15 is 0 Å². The lowest BCUT2D eigenvalue weighted by molar-refractivity contribution is 0.518. The van der Waals surface area contributed by atoms with Crippen molar-refractivity contribution in [3.8, 4) is 0 Å². The van der Waals surface area contributed by atoms with Crippen LogP contribution in [0.3, 0.4) is 0 Å². The van der Waals surface area contributed by atoms with Gasteiger partial charge < -0.3 is 0 Å². The third kappa shape index (κ3) is 1.84. The summed E-state index contributed by atoms with van der Waals surface area (Å²) in [5, 5.41) is 0. The van der Waals surface area contributed by atoms with Crippen molar-refractivity contribution in [3.05, 3.63) is 59.2 Å². The molecular formula is C16H20. The van der Waals surface area contributed by atoms with Crippen LogP contribution in [0.15, 0.2) is 42.5 Å². The first-order chi connectivity index (χ1) is 7.68. The van der Waals surface area contributed by atoms with Crippen LogP contribution in [0.1, 0.15) is 36.5 Å². The van der Waals surface area contributed by atoms with E-state index in [9.17, 15) is 0 Å². The maximum atomic E-state index is 2.36. The molecule has 0 heteroatoms. The fourth-order valence-corrected chi connectivity index (χ4v) is 2.40. The Labute approximate surface area is 98.7 Å². The summed E-state index contributed by atoms with van der Waals surface area (Å²) in [6.07, 6.45) is 11.3. The van der Waals surface area contributed by atoms with Gasteiger partial charge in [-0.05, 0) is 43.4 Å². The highest BCUT2D eigenvalue weighted by molar-refractivity contribution is 5.40. The van der Waals surface area contributed by atoms with E-state index in [0.717, 1.165) is 12.8 Å². The number of allylic oxidation sites excluding steroid dienone is 4. The molecule has 1 aromatic rings. The van der Waals surface area contributed by atoms with E-state index in [2.05, 4.69) is 63.3 Å². The standard InChI is InChI=1S/C16H20/c1-4-16(10-6-5-7-11-16)15-9-8-13(2)14(3)12-15/h5-10,12H,4,11H2,1-3H3. The highest BCUT2D eigenvalue weighted by Crippen LogP contribution is 2.36. The predicted molar refractivity (Wildman–Crippen MR) is 70.8 cm³/mol. The van der Waals surface area contributed by atoms with Gasteiger partial charge in [0.1, 0.15) is 0 Å². The Kier molecular flexibility index (Phi) is 3.00. The van der Waals surface area contributed by atoms with Crippen LogP contribution in [0, 0.1) is 13.8 Å². The van der Waals surface area contributed by atoms with Gasteiger partial charge in [-0.1, -0.05) is 49.4 Å². The molecule has 2 rings (SSSR count). The molecule has 16 heavy (non-hydrogen) atoms. The molecule has 0 aromatic heterocycles. The van der Waals surface area contributed by atoms with Gasteiger partial charge in [-0.15, -0.1) is 0 Å². The molecule has 0 spiro atoms. The fraction of sp³-hybridized carbons (Fsp3) is 0.375. The highest BCUT2D eigenvalue weighted by atomic mass is 14.3. The van der Waals surface area contributed by atoms with Gasteiger partial charge in [-0.3, -0.25) is 0 Å². The third-order valence-electron chi connectivity index (χ3n) is 3.86. The van der Waals surface area contributed by atoms with Crippen LogP contribution < -0.4 is 0 Å². The van der Waals surface area contributed by atoms with Crippen LogP contribution in [-0.2, 0) is 5.41 Å². The van der Waals surface area contributed by atoms with Gasteiger partial charge in [0.2, 0.25) is 0 Å².